The van der Waals surface area contributed by atoms with Crippen molar-refractivity contribution in [2.45, 2.75) is 52.6 Å². The van der Waals surface area contributed by atoms with Crippen LogP contribution in [0.1, 0.15) is 70.5 Å². The van der Waals surface area contributed by atoms with Crippen molar-refractivity contribution in [2.75, 3.05) is 6.61 Å². The lowest BCUT2D eigenvalue weighted by Crippen LogP contribution is -2.29. The molecule has 1 unspecified atom stereocenters. The Morgan fingerprint density at radius 2 is 1.89 bits per heavy atom. The molecule has 0 bridgehead atoms. The van der Waals surface area contributed by atoms with Crippen molar-refractivity contribution in [2.24, 2.45) is 0 Å². The third kappa shape index (κ3) is 4.88. The van der Waals surface area contributed by atoms with E-state index in [2.05, 4.69) is 17.1 Å². The number of ether oxygens (including phenoxy) is 1. The van der Waals surface area contributed by atoms with E-state index in [1.807, 2.05) is 73.3 Å². The number of aromatic amines is 1. The van der Waals surface area contributed by atoms with Crippen LogP contribution in [-0.4, -0.2) is 32.7 Å². The fraction of sp³-hybridized carbons (Fsp3) is 0.290. The number of aromatic nitrogens is 2. The van der Waals surface area contributed by atoms with Crippen molar-refractivity contribution in [3.05, 3.63) is 99.2 Å². The number of hydrogen-bond donors (Lipinski definition) is 2. The fourth-order valence-electron chi connectivity index (χ4n) is 5.28. The first-order valence-electron chi connectivity index (χ1n) is 13.0. The Labute approximate surface area is 228 Å². The van der Waals surface area contributed by atoms with Crippen LogP contribution < -0.4 is 4.74 Å². The molecule has 2 heterocycles. The molecule has 6 nitrogen and oxygen atoms in total. The van der Waals surface area contributed by atoms with Gasteiger partial charge in [0, 0.05) is 22.7 Å². The number of nitrogens with zero attached hydrogens (tertiary/aromatic N) is 2. The summed E-state index contributed by atoms with van der Waals surface area (Å²) >= 11 is 6.51. The van der Waals surface area contributed by atoms with Gasteiger partial charge in [0.25, 0.3) is 5.91 Å². The monoisotopic (exact) mass is 529 g/mol. The number of nitrogens with one attached hydrogen (secondary N) is 1. The van der Waals surface area contributed by atoms with Gasteiger partial charge in [-0.2, -0.15) is 5.10 Å². The summed E-state index contributed by atoms with van der Waals surface area (Å²) in [6.45, 7) is 7.02. The summed E-state index contributed by atoms with van der Waals surface area (Å²) in [7, 11) is 0. The number of carbonyl (C=O) groups excluding carboxylic acids is 1. The minimum atomic E-state index is -0.443. The second kappa shape index (κ2) is 10.9. The predicted octanol–water partition coefficient (Wildman–Crippen LogP) is 7.37. The second-order valence-electron chi connectivity index (χ2n) is 9.89. The average Bonchev–Trinajstić information content (AvgIpc) is 3.42. The van der Waals surface area contributed by atoms with Crippen LogP contribution in [0.15, 0.2) is 60.7 Å². The van der Waals surface area contributed by atoms with Gasteiger partial charge < -0.3 is 14.7 Å². The number of hydrogen-bond acceptors (Lipinski definition) is 4. The van der Waals surface area contributed by atoms with E-state index in [4.69, 9.17) is 16.3 Å². The molecule has 0 aliphatic carbocycles. The van der Waals surface area contributed by atoms with Crippen molar-refractivity contribution in [3.63, 3.8) is 0 Å². The van der Waals surface area contributed by atoms with Gasteiger partial charge in [-0.05, 0) is 66.8 Å². The van der Waals surface area contributed by atoms with Gasteiger partial charge in [0.05, 0.1) is 12.6 Å². The zero-order valence-corrected chi connectivity index (χ0v) is 22.7. The number of rotatable bonds is 9. The van der Waals surface area contributed by atoms with Crippen molar-refractivity contribution in [1.82, 2.24) is 15.1 Å². The Morgan fingerprint density at radius 3 is 2.66 bits per heavy atom. The SMILES string of the molecule is CCCCCOc1cccc(C2c3c(-c4c(C)cc(C)cc4O)n[nH]c3C(=O)N2Cc2ccccc2Cl)c1. The van der Waals surface area contributed by atoms with Crippen LogP contribution in [-0.2, 0) is 6.54 Å². The molecule has 0 radical (unpaired) electrons. The molecule has 3 aromatic carbocycles. The van der Waals surface area contributed by atoms with E-state index >= 15 is 0 Å². The summed E-state index contributed by atoms with van der Waals surface area (Å²) in [5.41, 5.74) is 5.97. The van der Waals surface area contributed by atoms with E-state index in [9.17, 15) is 9.90 Å². The Kier molecular flexibility index (Phi) is 7.43. The highest BCUT2D eigenvalue weighted by molar-refractivity contribution is 6.31. The van der Waals surface area contributed by atoms with Crippen LogP contribution in [0.4, 0.5) is 0 Å². The zero-order valence-electron chi connectivity index (χ0n) is 21.9. The van der Waals surface area contributed by atoms with Gasteiger partial charge in [-0.3, -0.25) is 9.89 Å². The number of fused-ring (bicyclic) bond motifs is 1. The number of H-pyrrole nitrogens is 1. The molecule has 7 heteroatoms. The number of aryl methyl sites for hydroxylation is 2. The Bertz CT molecular complexity index is 1460. The lowest BCUT2D eigenvalue weighted by atomic mass is 9.93. The molecule has 1 amide bonds. The van der Waals surface area contributed by atoms with E-state index in [1.165, 1.54) is 0 Å². The predicted molar refractivity (Wildman–Crippen MR) is 150 cm³/mol. The molecular weight excluding hydrogens is 498 g/mol. The van der Waals surface area contributed by atoms with Crippen molar-refractivity contribution in [1.29, 1.82) is 0 Å². The molecule has 4 aromatic rings. The average molecular weight is 530 g/mol. The van der Waals surface area contributed by atoms with Gasteiger partial charge in [-0.25, -0.2) is 0 Å². The topological polar surface area (TPSA) is 78.5 Å². The number of phenolic OH excluding ortho intramolecular Hbond substituents is 1. The maximum Gasteiger partial charge on any atom is 0.273 e. The summed E-state index contributed by atoms with van der Waals surface area (Å²) in [4.78, 5) is 15.6. The maximum absolute atomic E-state index is 13.8. The molecule has 38 heavy (non-hydrogen) atoms. The van der Waals surface area contributed by atoms with Crippen LogP contribution in [0.5, 0.6) is 11.5 Å². The highest BCUT2D eigenvalue weighted by atomic mass is 35.5. The molecule has 0 saturated carbocycles. The lowest BCUT2D eigenvalue weighted by molar-refractivity contribution is 0.0730. The Morgan fingerprint density at radius 1 is 1.08 bits per heavy atom. The van der Waals surface area contributed by atoms with Crippen LogP contribution in [0.2, 0.25) is 5.02 Å². The van der Waals surface area contributed by atoms with Crippen molar-refractivity contribution < 1.29 is 14.6 Å². The summed E-state index contributed by atoms with van der Waals surface area (Å²) in [6, 6.07) is 18.7. The number of carbonyl (C=O) groups is 1. The van der Waals surface area contributed by atoms with Crippen molar-refractivity contribution in [3.8, 4) is 22.8 Å². The number of aromatic hydroxyl groups is 1. The molecule has 1 aliphatic heterocycles. The number of phenols is 1. The minimum Gasteiger partial charge on any atom is -0.507 e. The summed E-state index contributed by atoms with van der Waals surface area (Å²) in [6.07, 6.45) is 3.23. The normalized spacial score (nSPS) is 14.7. The van der Waals surface area contributed by atoms with Gasteiger partial charge >= 0.3 is 0 Å². The lowest BCUT2D eigenvalue weighted by Gasteiger charge is -2.27. The van der Waals surface area contributed by atoms with Crippen LogP contribution in [0.25, 0.3) is 11.3 Å². The van der Waals surface area contributed by atoms with E-state index in [0.29, 0.717) is 35.1 Å². The first-order chi connectivity index (χ1) is 18.4. The Balaban J connectivity index is 1.62. The van der Waals surface area contributed by atoms with Crippen molar-refractivity contribution >= 4 is 17.5 Å². The quantitative estimate of drug-likeness (QED) is 0.222. The smallest absolute Gasteiger partial charge is 0.273 e. The Hall–Kier alpha value is -3.77. The molecule has 2 N–H and O–H groups in total. The van der Waals surface area contributed by atoms with Crippen LogP contribution in [0.3, 0.4) is 0 Å². The van der Waals surface area contributed by atoms with E-state index in [-0.39, 0.29) is 11.7 Å². The molecule has 0 saturated heterocycles. The zero-order chi connectivity index (χ0) is 26.8. The first kappa shape index (κ1) is 25.9. The number of benzene rings is 3. The van der Waals surface area contributed by atoms with E-state index in [0.717, 1.165) is 52.8 Å². The van der Waals surface area contributed by atoms with E-state index in [1.54, 1.807) is 6.07 Å². The molecule has 1 aliphatic rings. The van der Waals surface area contributed by atoms with Crippen LogP contribution >= 0.6 is 11.6 Å². The summed E-state index contributed by atoms with van der Waals surface area (Å²) in [5, 5.41) is 19.1. The summed E-state index contributed by atoms with van der Waals surface area (Å²) < 4.78 is 6.06. The first-order valence-corrected chi connectivity index (χ1v) is 13.4. The molecule has 0 spiro atoms. The molecule has 196 valence electrons. The molecule has 5 rings (SSSR count). The highest BCUT2D eigenvalue weighted by Gasteiger charge is 2.43. The van der Waals surface area contributed by atoms with E-state index < -0.39 is 6.04 Å². The fourth-order valence-corrected chi connectivity index (χ4v) is 5.47. The van der Waals surface area contributed by atoms with Gasteiger partial charge in [0.15, 0.2) is 0 Å². The van der Waals surface area contributed by atoms with Gasteiger partial charge in [0.2, 0.25) is 0 Å². The maximum atomic E-state index is 13.8. The standard InChI is InChI=1S/C31H32ClN3O3/c1-4-5-8-14-38-23-12-9-11-21(17-23)30-27-28(26-20(3)15-19(2)16-25(26)36)33-34-29(27)31(37)35(30)18-22-10-6-7-13-24(22)32/h6-7,9-13,15-17,30,36H,4-5,8,14,18H2,1-3H3,(H,33,34). The number of amides is 1. The third-order valence-corrected chi connectivity index (χ3v) is 7.42. The largest absolute Gasteiger partial charge is 0.507 e. The van der Waals surface area contributed by atoms with Crippen LogP contribution in [0, 0.1) is 13.8 Å². The number of unbranched alkanes of at least 4 members (excludes halogenated alkanes) is 2. The molecule has 1 aromatic heterocycles. The minimum absolute atomic E-state index is 0.139. The molecule has 1 atom stereocenters. The van der Waals surface area contributed by atoms with Gasteiger partial charge in [0.1, 0.15) is 22.9 Å². The molecule has 0 fully saturated rings. The van der Waals surface area contributed by atoms with Gasteiger partial charge in [-0.15, -0.1) is 0 Å². The highest BCUT2D eigenvalue weighted by Crippen LogP contribution is 2.46. The second-order valence-corrected chi connectivity index (χ2v) is 10.3. The third-order valence-electron chi connectivity index (χ3n) is 7.05. The van der Waals surface area contributed by atoms with Gasteiger partial charge in [-0.1, -0.05) is 67.8 Å². The summed E-state index contributed by atoms with van der Waals surface area (Å²) in [5.74, 6) is 0.736. The number of halogens is 1. The molecular formula is C31H32ClN3O3.